The number of anilines is 1. The number of carbonyl (C=O) groups excluding carboxylic acids is 1. The number of fused-ring (bicyclic) bond motifs is 1. The van der Waals surface area contributed by atoms with Crippen LogP contribution in [-0.4, -0.2) is 82.4 Å². The number of piperazine rings is 1. The van der Waals surface area contributed by atoms with Crippen molar-refractivity contribution in [2.45, 2.75) is 31.6 Å². The summed E-state index contributed by atoms with van der Waals surface area (Å²) in [5.74, 6) is 1.21. The minimum Gasteiger partial charge on any atom is -0.353 e. The molecule has 0 N–H and O–H groups in total. The van der Waals surface area contributed by atoms with E-state index in [1.54, 1.807) is 28.8 Å². The highest BCUT2D eigenvalue weighted by Gasteiger charge is 2.36. The maximum atomic E-state index is 13.3. The van der Waals surface area contributed by atoms with Crippen LogP contribution in [0.2, 0.25) is 0 Å². The van der Waals surface area contributed by atoms with E-state index in [4.69, 9.17) is 0 Å². The van der Waals surface area contributed by atoms with Gasteiger partial charge in [0, 0.05) is 51.0 Å². The van der Waals surface area contributed by atoms with E-state index in [2.05, 4.69) is 20.0 Å². The molecule has 3 aromatic rings. The fourth-order valence-electron chi connectivity index (χ4n) is 4.77. The van der Waals surface area contributed by atoms with Crippen LogP contribution in [0.15, 0.2) is 41.6 Å². The molecule has 4 heterocycles. The summed E-state index contributed by atoms with van der Waals surface area (Å²) in [7, 11) is -3.61. The number of carbonyl (C=O) groups is 1. The third-order valence-electron chi connectivity index (χ3n) is 6.67. The largest absolute Gasteiger partial charge is 0.353 e. The summed E-state index contributed by atoms with van der Waals surface area (Å²) in [6, 6.07) is 8.87. The predicted molar refractivity (Wildman–Crippen MR) is 127 cm³/mol. The maximum Gasteiger partial charge on any atom is 0.254 e. The minimum atomic E-state index is -3.61. The van der Waals surface area contributed by atoms with Gasteiger partial charge in [0.1, 0.15) is 12.1 Å². The highest BCUT2D eigenvalue weighted by molar-refractivity contribution is 7.89. The third kappa shape index (κ3) is 4.25. The monoisotopic (exact) mass is 483 g/mol. The summed E-state index contributed by atoms with van der Waals surface area (Å²) in [6.07, 6.45) is 2.88. The van der Waals surface area contributed by atoms with Crippen LogP contribution in [-0.2, 0) is 14.8 Å². The zero-order valence-corrected chi connectivity index (χ0v) is 20.3. The van der Waals surface area contributed by atoms with Crippen molar-refractivity contribution in [3.8, 4) is 0 Å². The third-order valence-corrected chi connectivity index (χ3v) is 8.55. The summed E-state index contributed by atoms with van der Waals surface area (Å²) in [5.41, 5.74) is 1.88. The lowest BCUT2D eigenvalue weighted by atomic mass is 9.98. The molecule has 5 rings (SSSR count). The zero-order valence-electron chi connectivity index (χ0n) is 19.5. The van der Waals surface area contributed by atoms with Crippen LogP contribution in [0, 0.1) is 19.8 Å². The molecule has 2 aromatic heterocycles. The number of benzene rings is 1. The Balaban J connectivity index is 1.25. The van der Waals surface area contributed by atoms with Crippen LogP contribution in [0.1, 0.15) is 24.1 Å². The van der Waals surface area contributed by atoms with Crippen molar-refractivity contribution >= 4 is 27.5 Å². The first-order valence-corrected chi connectivity index (χ1v) is 13.0. The molecular weight excluding hydrogens is 454 g/mol. The fourth-order valence-corrected chi connectivity index (χ4v) is 6.30. The Morgan fingerprint density at radius 1 is 1.03 bits per heavy atom. The number of sulfonamides is 1. The Morgan fingerprint density at radius 3 is 2.50 bits per heavy atom. The van der Waals surface area contributed by atoms with Crippen molar-refractivity contribution in [1.29, 1.82) is 0 Å². The average Bonchev–Trinajstić information content (AvgIpc) is 3.32. The van der Waals surface area contributed by atoms with Gasteiger partial charge in [0.05, 0.1) is 10.8 Å². The SMILES string of the molecule is Cc1ccc(S(=O)(=O)N2CCCC(C(=O)N3CCN(c4cc(C)nc5ncnn45)CC3)C2)cc1. The number of hydrogen-bond donors (Lipinski definition) is 0. The van der Waals surface area contributed by atoms with Gasteiger partial charge in [0.2, 0.25) is 15.9 Å². The van der Waals surface area contributed by atoms with Crippen molar-refractivity contribution in [3.05, 3.63) is 47.9 Å². The van der Waals surface area contributed by atoms with Gasteiger partial charge < -0.3 is 9.80 Å². The molecule has 1 unspecified atom stereocenters. The van der Waals surface area contributed by atoms with E-state index < -0.39 is 10.0 Å². The van der Waals surface area contributed by atoms with E-state index in [0.29, 0.717) is 51.3 Å². The lowest BCUT2D eigenvalue weighted by Crippen LogP contribution is -2.53. The number of piperidine rings is 1. The highest BCUT2D eigenvalue weighted by Crippen LogP contribution is 2.26. The van der Waals surface area contributed by atoms with Gasteiger partial charge in [-0.3, -0.25) is 4.79 Å². The summed E-state index contributed by atoms with van der Waals surface area (Å²) in [5, 5.41) is 4.28. The first kappa shape index (κ1) is 22.7. The Hall–Kier alpha value is -3.05. The Labute approximate surface area is 199 Å². The molecule has 0 spiro atoms. The van der Waals surface area contributed by atoms with Crippen LogP contribution in [0.25, 0.3) is 5.78 Å². The fraction of sp³-hybridized carbons (Fsp3) is 0.478. The highest BCUT2D eigenvalue weighted by atomic mass is 32.2. The maximum absolute atomic E-state index is 13.3. The summed E-state index contributed by atoms with van der Waals surface area (Å²) in [4.78, 5) is 26.2. The van der Waals surface area contributed by atoms with Gasteiger partial charge in [-0.15, -0.1) is 0 Å². The van der Waals surface area contributed by atoms with E-state index in [-0.39, 0.29) is 23.3 Å². The predicted octanol–water partition coefficient (Wildman–Crippen LogP) is 1.49. The quantitative estimate of drug-likeness (QED) is 0.554. The Kier molecular flexibility index (Phi) is 5.98. The number of amides is 1. The van der Waals surface area contributed by atoms with Crippen LogP contribution in [0.4, 0.5) is 5.82 Å². The van der Waals surface area contributed by atoms with Crippen molar-refractivity contribution in [3.63, 3.8) is 0 Å². The number of rotatable bonds is 4. The summed E-state index contributed by atoms with van der Waals surface area (Å²) < 4.78 is 29.5. The van der Waals surface area contributed by atoms with Gasteiger partial charge in [-0.1, -0.05) is 17.7 Å². The first-order valence-electron chi connectivity index (χ1n) is 11.6. The summed E-state index contributed by atoms with van der Waals surface area (Å²) in [6.45, 7) is 7.04. The molecule has 0 bridgehead atoms. The number of aromatic nitrogens is 4. The van der Waals surface area contributed by atoms with Gasteiger partial charge in [-0.25, -0.2) is 13.4 Å². The van der Waals surface area contributed by atoms with E-state index in [0.717, 1.165) is 17.1 Å². The van der Waals surface area contributed by atoms with Crippen LogP contribution in [0.3, 0.4) is 0 Å². The molecule has 2 aliphatic rings. The molecule has 1 atom stereocenters. The molecule has 2 fully saturated rings. The van der Waals surface area contributed by atoms with Gasteiger partial charge in [-0.05, 0) is 38.8 Å². The molecule has 1 amide bonds. The lowest BCUT2D eigenvalue weighted by Gasteiger charge is -2.39. The molecule has 10 nitrogen and oxygen atoms in total. The zero-order chi connectivity index (χ0) is 23.9. The molecule has 0 aliphatic carbocycles. The van der Waals surface area contributed by atoms with Gasteiger partial charge in [0.15, 0.2) is 0 Å². The minimum absolute atomic E-state index is 0.0419. The van der Waals surface area contributed by atoms with Gasteiger partial charge in [-0.2, -0.15) is 18.9 Å². The van der Waals surface area contributed by atoms with E-state index >= 15 is 0 Å². The molecule has 1 aromatic carbocycles. The topological polar surface area (TPSA) is 104 Å². The van der Waals surface area contributed by atoms with Crippen molar-refractivity contribution < 1.29 is 13.2 Å². The molecule has 2 saturated heterocycles. The summed E-state index contributed by atoms with van der Waals surface area (Å²) >= 11 is 0. The molecular formula is C23H29N7O3S. The smallest absolute Gasteiger partial charge is 0.254 e. The number of hydrogen-bond acceptors (Lipinski definition) is 7. The second-order valence-corrected chi connectivity index (χ2v) is 11.0. The second kappa shape index (κ2) is 8.95. The normalized spacial score (nSPS) is 20.1. The van der Waals surface area contributed by atoms with E-state index in [1.807, 2.05) is 24.8 Å². The van der Waals surface area contributed by atoms with Gasteiger partial charge in [0.25, 0.3) is 5.78 Å². The van der Waals surface area contributed by atoms with Crippen molar-refractivity contribution in [2.75, 3.05) is 44.2 Å². The molecule has 11 heteroatoms. The number of aryl methyl sites for hydroxylation is 2. The molecule has 0 saturated carbocycles. The second-order valence-electron chi connectivity index (χ2n) is 9.06. The van der Waals surface area contributed by atoms with E-state index in [9.17, 15) is 13.2 Å². The molecule has 2 aliphatic heterocycles. The standard InChI is InChI=1S/C23H29N7O3S/c1-17-5-7-20(8-6-17)34(32,33)29-9-3-4-19(15-29)22(31)28-12-10-27(11-13-28)21-14-18(2)26-23-24-16-25-30(21)23/h5-8,14,16,19H,3-4,9-13,15H2,1-2H3. The van der Waals surface area contributed by atoms with Crippen LogP contribution < -0.4 is 4.90 Å². The van der Waals surface area contributed by atoms with Crippen LogP contribution >= 0.6 is 0 Å². The lowest BCUT2D eigenvalue weighted by molar-refractivity contribution is -0.137. The molecule has 180 valence electrons. The van der Waals surface area contributed by atoms with Crippen molar-refractivity contribution in [1.82, 2.24) is 28.8 Å². The number of nitrogens with zero attached hydrogens (tertiary/aromatic N) is 7. The van der Waals surface area contributed by atoms with Crippen LogP contribution in [0.5, 0.6) is 0 Å². The van der Waals surface area contributed by atoms with E-state index in [1.165, 1.54) is 10.6 Å². The van der Waals surface area contributed by atoms with Crippen molar-refractivity contribution in [2.24, 2.45) is 5.92 Å². The Morgan fingerprint density at radius 2 is 1.76 bits per heavy atom. The first-order chi connectivity index (χ1) is 16.3. The Bertz CT molecular complexity index is 1300. The molecule has 0 radical (unpaired) electrons. The molecule has 34 heavy (non-hydrogen) atoms. The average molecular weight is 484 g/mol. The van der Waals surface area contributed by atoms with Gasteiger partial charge >= 0.3 is 0 Å².